The summed E-state index contributed by atoms with van der Waals surface area (Å²) >= 11 is 3.27. The average Bonchev–Trinajstić information content (AvgIpc) is 3.01. The highest BCUT2D eigenvalue weighted by atomic mass is 32.2. The van der Waals surface area contributed by atoms with Crippen molar-refractivity contribution in [2.24, 2.45) is 0 Å². The zero-order valence-corrected chi connectivity index (χ0v) is 12.5. The second-order valence-electron chi connectivity index (χ2n) is 4.51. The summed E-state index contributed by atoms with van der Waals surface area (Å²) in [6.45, 7) is 0. The normalized spacial score (nSPS) is 10.8. The van der Waals surface area contributed by atoms with Crippen molar-refractivity contribution in [2.75, 3.05) is 5.75 Å². The number of thiophene rings is 1. The van der Waals surface area contributed by atoms with Gasteiger partial charge in [-0.2, -0.15) is 0 Å². The molecule has 0 N–H and O–H groups in total. The number of hydrogen-bond donors (Lipinski definition) is 0. The van der Waals surface area contributed by atoms with Crippen molar-refractivity contribution in [3.05, 3.63) is 64.9 Å². The van der Waals surface area contributed by atoms with Crippen molar-refractivity contribution in [1.82, 2.24) is 0 Å². The molecule has 0 amide bonds. The molecule has 0 saturated heterocycles. The number of fused-ring (bicyclic) bond motifs is 1. The summed E-state index contributed by atoms with van der Waals surface area (Å²) < 4.78 is 0. The van der Waals surface area contributed by atoms with Gasteiger partial charge in [-0.15, -0.1) is 23.1 Å². The summed E-state index contributed by atoms with van der Waals surface area (Å²) in [7, 11) is 0. The van der Waals surface area contributed by atoms with Gasteiger partial charge in [0.05, 0.1) is 4.88 Å². The van der Waals surface area contributed by atoms with E-state index in [1.54, 1.807) is 11.8 Å². The molecule has 2 aromatic carbocycles. The molecular weight excluding hydrogens is 284 g/mol. The highest BCUT2D eigenvalue weighted by Gasteiger charge is 2.06. The third kappa shape index (κ3) is 3.11. The lowest BCUT2D eigenvalue weighted by atomic mass is 10.1. The lowest BCUT2D eigenvalue weighted by Crippen LogP contribution is -1.97. The SMILES string of the molecule is O=C(CCSc1ccc2ccccc2c1)c1cccs1. The highest BCUT2D eigenvalue weighted by molar-refractivity contribution is 7.99. The Morgan fingerprint density at radius 3 is 2.65 bits per heavy atom. The van der Waals surface area contributed by atoms with E-state index >= 15 is 0 Å². The molecule has 0 bridgehead atoms. The second-order valence-corrected chi connectivity index (χ2v) is 6.62. The molecule has 0 spiro atoms. The number of rotatable bonds is 5. The minimum absolute atomic E-state index is 0.244. The van der Waals surface area contributed by atoms with Crippen LogP contribution < -0.4 is 0 Å². The molecule has 1 heterocycles. The van der Waals surface area contributed by atoms with E-state index < -0.39 is 0 Å². The molecule has 3 rings (SSSR count). The fourth-order valence-electron chi connectivity index (χ4n) is 2.08. The van der Waals surface area contributed by atoms with E-state index in [4.69, 9.17) is 0 Å². The van der Waals surface area contributed by atoms with Crippen molar-refractivity contribution >= 4 is 39.7 Å². The number of carbonyl (C=O) groups excluding carboxylic acids is 1. The minimum atomic E-state index is 0.244. The molecule has 0 unspecified atom stereocenters. The van der Waals surface area contributed by atoms with Gasteiger partial charge >= 0.3 is 0 Å². The van der Waals surface area contributed by atoms with Crippen molar-refractivity contribution in [3.8, 4) is 0 Å². The van der Waals surface area contributed by atoms with Crippen LogP contribution in [0.4, 0.5) is 0 Å². The quantitative estimate of drug-likeness (QED) is 0.471. The third-order valence-corrected chi connectivity index (χ3v) is 5.02. The van der Waals surface area contributed by atoms with Crippen molar-refractivity contribution < 1.29 is 4.79 Å². The van der Waals surface area contributed by atoms with Gasteiger partial charge in [0.2, 0.25) is 0 Å². The molecule has 0 aliphatic carbocycles. The first-order valence-electron chi connectivity index (χ1n) is 6.51. The molecule has 3 aromatic rings. The summed E-state index contributed by atoms with van der Waals surface area (Å²) in [6.07, 6.45) is 0.595. The zero-order chi connectivity index (χ0) is 13.8. The summed E-state index contributed by atoms with van der Waals surface area (Å²) in [6, 6.07) is 18.6. The monoisotopic (exact) mass is 298 g/mol. The van der Waals surface area contributed by atoms with Crippen molar-refractivity contribution in [2.45, 2.75) is 11.3 Å². The van der Waals surface area contributed by atoms with Crippen LogP contribution in [0.1, 0.15) is 16.1 Å². The van der Waals surface area contributed by atoms with Crippen LogP contribution in [0.3, 0.4) is 0 Å². The van der Waals surface area contributed by atoms with Gasteiger partial charge in [-0.1, -0.05) is 36.4 Å². The van der Waals surface area contributed by atoms with Gasteiger partial charge < -0.3 is 0 Å². The van der Waals surface area contributed by atoms with E-state index in [0.717, 1.165) is 10.6 Å². The summed E-state index contributed by atoms with van der Waals surface area (Å²) in [5, 5.41) is 4.46. The summed E-state index contributed by atoms with van der Waals surface area (Å²) in [5.74, 6) is 1.07. The minimum Gasteiger partial charge on any atom is -0.293 e. The van der Waals surface area contributed by atoms with E-state index in [9.17, 15) is 4.79 Å². The maximum atomic E-state index is 11.9. The maximum absolute atomic E-state index is 11.9. The molecular formula is C17H14OS2. The molecule has 0 aliphatic heterocycles. The van der Waals surface area contributed by atoms with Crippen LogP contribution >= 0.6 is 23.1 Å². The molecule has 0 saturated carbocycles. The number of thioether (sulfide) groups is 1. The van der Waals surface area contributed by atoms with E-state index in [0.29, 0.717) is 6.42 Å². The van der Waals surface area contributed by atoms with Crippen LogP contribution in [0.15, 0.2) is 64.9 Å². The number of benzene rings is 2. The zero-order valence-electron chi connectivity index (χ0n) is 10.9. The molecule has 1 aromatic heterocycles. The Balaban J connectivity index is 1.61. The Hall–Kier alpha value is -1.58. The van der Waals surface area contributed by atoms with Crippen LogP contribution in [0.25, 0.3) is 10.8 Å². The van der Waals surface area contributed by atoms with Gasteiger partial charge in [-0.3, -0.25) is 4.79 Å². The molecule has 0 radical (unpaired) electrons. The Labute approximate surface area is 126 Å². The molecule has 3 heteroatoms. The fourth-order valence-corrected chi connectivity index (χ4v) is 3.67. The van der Waals surface area contributed by atoms with E-state index in [1.165, 1.54) is 27.0 Å². The van der Waals surface area contributed by atoms with Crippen LogP contribution in [-0.2, 0) is 0 Å². The van der Waals surface area contributed by atoms with Crippen LogP contribution in [0, 0.1) is 0 Å². The van der Waals surface area contributed by atoms with Gasteiger partial charge in [-0.05, 0) is 34.4 Å². The number of carbonyl (C=O) groups is 1. The molecule has 20 heavy (non-hydrogen) atoms. The number of Topliss-reactive ketones (excluding diaryl/α,β-unsaturated/α-hetero) is 1. The van der Waals surface area contributed by atoms with Crippen LogP contribution in [0.5, 0.6) is 0 Å². The van der Waals surface area contributed by atoms with Gasteiger partial charge in [0, 0.05) is 17.1 Å². The molecule has 1 nitrogen and oxygen atoms in total. The predicted octanol–water partition coefficient (Wildman–Crippen LogP) is 5.27. The topological polar surface area (TPSA) is 17.1 Å². The number of ketones is 1. The predicted molar refractivity (Wildman–Crippen MR) is 87.9 cm³/mol. The fraction of sp³-hybridized carbons (Fsp3) is 0.118. The standard InChI is InChI=1S/C17H14OS2/c18-16(17-6-3-10-20-17)9-11-19-15-8-7-13-4-1-2-5-14(13)12-15/h1-8,10,12H,9,11H2. The molecule has 100 valence electrons. The lowest BCUT2D eigenvalue weighted by Gasteiger charge is -2.03. The second kappa shape index (κ2) is 6.25. The summed E-state index contributed by atoms with van der Waals surface area (Å²) in [5.41, 5.74) is 0. The van der Waals surface area contributed by atoms with E-state index in [1.807, 2.05) is 17.5 Å². The average molecular weight is 298 g/mol. The summed E-state index contributed by atoms with van der Waals surface area (Å²) in [4.78, 5) is 14.0. The van der Waals surface area contributed by atoms with E-state index in [2.05, 4.69) is 42.5 Å². The maximum Gasteiger partial charge on any atom is 0.173 e. The van der Waals surface area contributed by atoms with E-state index in [-0.39, 0.29) is 5.78 Å². The Bertz CT molecular complexity index is 717. The molecule has 0 aliphatic rings. The van der Waals surface area contributed by atoms with Crippen molar-refractivity contribution in [1.29, 1.82) is 0 Å². The molecule has 0 fully saturated rings. The van der Waals surface area contributed by atoms with Gasteiger partial charge in [-0.25, -0.2) is 0 Å². The van der Waals surface area contributed by atoms with Crippen LogP contribution in [-0.4, -0.2) is 11.5 Å². The third-order valence-electron chi connectivity index (χ3n) is 3.11. The van der Waals surface area contributed by atoms with Gasteiger partial charge in [0.25, 0.3) is 0 Å². The Morgan fingerprint density at radius 2 is 1.85 bits per heavy atom. The van der Waals surface area contributed by atoms with Crippen LogP contribution in [0.2, 0.25) is 0 Å². The molecule has 0 atom stereocenters. The first kappa shape index (κ1) is 13.4. The first-order chi connectivity index (χ1) is 9.83. The van der Waals surface area contributed by atoms with Crippen molar-refractivity contribution in [3.63, 3.8) is 0 Å². The smallest absolute Gasteiger partial charge is 0.173 e. The number of hydrogen-bond acceptors (Lipinski definition) is 3. The largest absolute Gasteiger partial charge is 0.293 e. The Kier molecular flexibility index (Phi) is 4.19. The lowest BCUT2D eigenvalue weighted by molar-refractivity contribution is 0.0993. The highest BCUT2D eigenvalue weighted by Crippen LogP contribution is 2.24. The first-order valence-corrected chi connectivity index (χ1v) is 8.38. The van der Waals surface area contributed by atoms with Gasteiger partial charge in [0.1, 0.15) is 0 Å². The Morgan fingerprint density at radius 1 is 1.00 bits per heavy atom. The van der Waals surface area contributed by atoms with Gasteiger partial charge in [0.15, 0.2) is 5.78 Å².